The van der Waals surface area contributed by atoms with Crippen LogP contribution < -0.4 is 0 Å². The minimum absolute atomic E-state index is 0.0773. The van der Waals surface area contributed by atoms with E-state index in [9.17, 15) is 16.8 Å². The molecule has 3 rings (SSSR count). The first-order chi connectivity index (χ1) is 13.8. The highest BCUT2D eigenvalue weighted by Crippen LogP contribution is 2.32. The van der Waals surface area contributed by atoms with E-state index in [0.29, 0.717) is 13.0 Å². The van der Waals surface area contributed by atoms with Crippen molar-refractivity contribution in [3.63, 3.8) is 0 Å². The van der Waals surface area contributed by atoms with Crippen LogP contribution in [0.4, 0.5) is 0 Å². The number of benzene rings is 1. The van der Waals surface area contributed by atoms with Gasteiger partial charge in [0.1, 0.15) is 0 Å². The zero-order valence-corrected chi connectivity index (χ0v) is 19.0. The quantitative estimate of drug-likeness (QED) is 0.588. The summed E-state index contributed by atoms with van der Waals surface area (Å²) in [7, 11) is -7.00. The van der Waals surface area contributed by atoms with Crippen molar-refractivity contribution in [2.45, 2.75) is 55.6 Å². The molecule has 0 bridgehead atoms. The molecule has 2 saturated heterocycles. The summed E-state index contributed by atoms with van der Waals surface area (Å²) >= 11 is 0. The molecule has 0 aliphatic carbocycles. The number of piperidine rings is 1. The molecule has 2 heterocycles. The summed E-state index contributed by atoms with van der Waals surface area (Å²) in [6.45, 7) is 5.33. The van der Waals surface area contributed by atoms with E-state index in [2.05, 4.69) is 4.90 Å². The Morgan fingerprint density at radius 3 is 2.31 bits per heavy atom. The van der Waals surface area contributed by atoms with Crippen molar-refractivity contribution in [1.29, 1.82) is 0 Å². The molecule has 1 aromatic rings. The van der Waals surface area contributed by atoms with Gasteiger partial charge in [-0.3, -0.25) is 0 Å². The highest BCUT2D eigenvalue weighted by Gasteiger charge is 2.44. The number of hydrogen-bond donors (Lipinski definition) is 0. The molecule has 0 radical (unpaired) electrons. The summed E-state index contributed by atoms with van der Waals surface area (Å²) in [5, 5.41) is -0.595. The number of sulfonamides is 1. The van der Waals surface area contributed by atoms with Crippen LogP contribution in [-0.2, 0) is 19.9 Å². The van der Waals surface area contributed by atoms with Gasteiger partial charge in [0, 0.05) is 13.1 Å². The summed E-state index contributed by atoms with van der Waals surface area (Å²) in [6.07, 6.45) is 5.87. The van der Waals surface area contributed by atoms with Crippen molar-refractivity contribution in [3.05, 3.63) is 30.3 Å². The number of likely N-dealkylation sites (tertiary alicyclic amines) is 1. The lowest BCUT2D eigenvalue weighted by Crippen LogP contribution is -2.35. The van der Waals surface area contributed by atoms with Gasteiger partial charge in [0.2, 0.25) is 10.0 Å². The standard InChI is InChI=1S/C21H34N2O4S2/c1-2-10-19-17-23(29(26,27)20-11-5-3-6-12-20)18-21(19)28(24,25)16-9-15-22-13-7-4-8-14-22/h3,5-6,11-12,19,21H,2,4,7-10,13-18H2,1H3/t19-,21?/m1/s1. The fraction of sp³-hybridized carbons (Fsp3) is 0.714. The van der Waals surface area contributed by atoms with Crippen LogP contribution >= 0.6 is 0 Å². The number of rotatable bonds is 9. The third-order valence-corrected chi connectivity index (χ3v) is 10.4. The molecule has 2 aliphatic heterocycles. The minimum atomic E-state index is -3.66. The maximum atomic E-state index is 13.1. The average molecular weight is 443 g/mol. The summed E-state index contributed by atoms with van der Waals surface area (Å²) in [4.78, 5) is 2.59. The van der Waals surface area contributed by atoms with Crippen molar-refractivity contribution in [3.8, 4) is 0 Å². The van der Waals surface area contributed by atoms with Gasteiger partial charge in [-0.15, -0.1) is 0 Å². The SMILES string of the molecule is CCC[C@@H]1CN(S(=O)(=O)c2ccccc2)CC1S(=O)(=O)CCCN1CCCCC1. The molecule has 1 unspecified atom stereocenters. The van der Waals surface area contributed by atoms with Gasteiger partial charge in [-0.1, -0.05) is 38.0 Å². The van der Waals surface area contributed by atoms with Crippen molar-refractivity contribution in [1.82, 2.24) is 9.21 Å². The van der Waals surface area contributed by atoms with Gasteiger partial charge in [0.25, 0.3) is 0 Å². The lowest BCUT2D eigenvalue weighted by Gasteiger charge is -2.26. The first-order valence-corrected chi connectivity index (χ1v) is 14.0. The third-order valence-electron chi connectivity index (χ3n) is 6.20. The number of nitrogens with zero attached hydrogens (tertiary/aromatic N) is 2. The van der Waals surface area contributed by atoms with Gasteiger partial charge >= 0.3 is 0 Å². The fourth-order valence-electron chi connectivity index (χ4n) is 4.62. The second-order valence-corrected chi connectivity index (χ2v) is 12.6. The van der Waals surface area contributed by atoms with E-state index >= 15 is 0 Å². The fourth-order valence-corrected chi connectivity index (χ4v) is 8.31. The molecule has 1 aromatic carbocycles. The van der Waals surface area contributed by atoms with Gasteiger partial charge in [-0.25, -0.2) is 16.8 Å². The minimum Gasteiger partial charge on any atom is -0.303 e. The van der Waals surface area contributed by atoms with Crippen LogP contribution in [0.25, 0.3) is 0 Å². The zero-order valence-electron chi connectivity index (χ0n) is 17.4. The Bertz CT molecular complexity index is 850. The van der Waals surface area contributed by atoms with Crippen LogP contribution in [0.15, 0.2) is 35.2 Å². The monoisotopic (exact) mass is 442 g/mol. The van der Waals surface area contributed by atoms with Gasteiger partial charge in [0.15, 0.2) is 9.84 Å². The third kappa shape index (κ3) is 5.60. The maximum Gasteiger partial charge on any atom is 0.243 e. The molecule has 0 saturated carbocycles. The van der Waals surface area contributed by atoms with E-state index in [1.165, 1.54) is 23.6 Å². The lowest BCUT2D eigenvalue weighted by molar-refractivity contribution is 0.229. The van der Waals surface area contributed by atoms with E-state index in [1.54, 1.807) is 30.3 Å². The van der Waals surface area contributed by atoms with Crippen molar-refractivity contribution >= 4 is 19.9 Å². The largest absolute Gasteiger partial charge is 0.303 e. The normalized spacial score (nSPS) is 24.7. The van der Waals surface area contributed by atoms with Crippen LogP contribution in [0, 0.1) is 5.92 Å². The van der Waals surface area contributed by atoms with E-state index in [0.717, 1.165) is 32.5 Å². The average Bonchev–Trinajstić information content (AvgIpc) is 3.15. The number of sulfone groups is 1. The Hall–Kier alpha value is -0.960. The molecule has 2 atom stereocenters. The first kappa shape index (κ1) is 22.7. The smallest absolute Gasteiger partial charge is 0.243 e. The topological polar surface area (TPSA) is 74.8 Å². The molecule has 0 amide bonds. The van der Waals surface area contributed by atoms with Crippen LogP contribution in [-0.4, -0.2) is 69.8 Å². The number of hydrogen-bond acceptors (Lipinski definition) is 5. The predicted molar refractivity (Wildman–Crippen MR) is 116 cm³/mol. The Balaban J connectivity index is 1.67. The molecule has 2 fully saturated rings. The second-order valence-electron chi connectivity index (χ2n) is 8.35. The summed E-state index contributed by atoms with van der Waals surface area (Å²) in [5.74, 6) is 0.0200. The zero-order chi connectivity index (χ0) is 20.9. The predicted octanol–water partition coefficient (Wildman–Crippen LogP) is 2.77. The molecule has 0 aromatic heterocycles. The van der Waals surface area contributed by atoms with Crippen LogP contribution in [0.1, 0.15) is 45.4 Å². The molecule has 0 N–H and O–H groups in total. The Morgan fingerprint density at radius 2 is 1.66 bits per heavy atom. The lowest BCUT2D eigenvalue weighted by atomic mass is 10.0. The van der Waals surface area contributed by atoms with Crippen molar-refractivity contribution < 1.29 is 16.8 Å². The highest BCUT2D eigenvalue weighted by atomic mass is 32.2. The van der Waals surface area contributed by atoms with Gasteiger partial charge in [-0.2, -0.15) is 4.31 Å². The Kier molecular flexibility index (Phi) is 7.75. The summed E-state index contributed by atoms with van der Waals surface area (Å²) in [6, 6.07) is 8.32. The van der Waals surface area contributed by atoms with E-state index in [4.69, 9.17) is 0 Å². The molecule has 29 heavy (non-hydrogen) atoms. The molecular weight excluding hydrogens is 408 g/mol. The Labute approximate surface area is 176 Å². The highest BCUT2D eigenvalue weighted by molar-refractivity contribution is 7.92. The molecule has 164 valence electrons. The van der Waals surface area contributed by atoms with E-state index in [-0.39, 0.29) is 23.1 Å². The summed E-state index contributed by atoms with van der Waals surface area (Å²) in [5.41, 5.74) is 0. The van der Waals surface area contributed by atoms with Crippen LogP contribution in [0.2, 0.25) is 0 Å². The Morgan fingerprint density at radius 1 is 0.966 bits per heavy atom. The van der Waals surface area contributed by atoms with Crippen molar-refractivity contribution in [2.75, 3.05) is 38.5 Å². The van der Waals surface area contributed by atoms with Crippen LogP contribution in [0.3, 0.4) is 0 Å². The maximum absolute atomic E-state index is 13.1. The molecule has 6 nitrogen and oxygen atoms in total. The van der Waals surface area contributed by atoms with E-state index in [1.807, 2.05) is 6.92 Å². The summed E-state index contributed by atoms with van der Waals surface area (Å²) < 4.78 is 53.6. The van der Waals surface area contributed by atoms with E-state index < -0.39 is 25.1 Å². The molecule has 8 heteroatoms. The molecular formula is C21H34N2O4S2. The molecule has 2 aliphatic rings. The second kappa shape index (κ2) is 9.90. The molecule has 0 spiro atoms. The van der Waals surface area contributed by atoms with Gasteiger partial charge in [0.05, 0.1) is 15.9 Å². The first-order valence-electron chi connectivity index (χ1n) is 10.8. The van der Waals surface area contributed by atoms with Crippen molar-refractivity contribution in [2.24, 2.45) is 5.92 Å². The van der Waals surface area contributed by atoms with Gasteiger partial charge < -0.3 is 4.90 Å². The van der Waals surface area contributed by atoms with Gasteiger partial charge in [-0.05, 0) is 63.4 Å². The van der Waals surface area contributed by atoms with Crippen LogP contribution in [0.5, 0.6) is 0 Å².